The Bertz CT molecular complexity index is 203. The van der Waals surface area contributed by atoms with Gasteiger partial charge >= 0.3 is 0 Å². The molecule has 0 saturated carbocycles. The lowest BCUT2D eigenvalue weighted by Crippen LogP contribution is -2.41. The molecule has 1 amide bonds. The number of hydrogen-bond donors (Lipinski definition) is 0. The van der Waals surface area contributed by atoms with Crippen LogP contribution in [0.5, 0.6) is 0 Å². The number of nitrogens with zero attached hydrogens (tertiary/aromatic N) is 1. The summed E-state index contributed by atoms with van der Waals surface area (Å²) in [6.45, 7) is 3.71. The molecule has 0 N–H and O–H groups in total. The van der Waals surface area contributed by atoms with E-state index >= 15 is 0 Å². The zero-order valence-corrected chi connectivity index (χ0v) is 8.87. The molecule has 0 aromatic heterocycles. The van der Waals surface area contributed by atoms with Crippen LogP contribution in [0.15, 0.2) is 0 Å². The van der Waals surface area contributed by atoms with Crippen LogP contribution in [0.1, 0.15) is 39.0 Å². The van der Waals surface area contributed by atoms with E-state index in [0.29, 0.717) is 12.3 Å². The zero-order valence-electron chi connectivity index (χ0n) is 8.87. The van der Waals surface area contributed by atoms with Crippen molar-refractivity contribution in [1.82, 2.24) is 4.90 Å². The molecule has 0 radical (unpaired) electrons. The molecule has 3 heteroatoms. The van der Waals surface area contributed by atoms with Gasteiger partial charge in [0.1, 0.15) is 6.29 Å². The molecule has 0 spiro atoms. The minimum Gasteiger partial charge on any atom is -0.342 e. The van der Waals surface area contributed by atoms with Gasteiger partial charge in [-0.15, -0.1) is 0 Å². The molecule has 1 saturated heterocycles. The first-order chi connectivity index (χ1) is 6.79. The number of carbonyl (C=O) groups is 2. The highest BCUT2D eigenvalue weighted by atomic mass is 16.2. The zero-order chi connectivity index (χ0) is 10.4. The lowest BCUT2D eigenvalue weighted by molar-refractivity contribution is -0.138. The van der Waals surface area contributed by atoms with Gasteiger partial charge < -0.3 is 9.69 Å². The molecule has 1 atom stereocenters. The Balaban J connectivity index is 2.35. The summed E-state index contributed by atoms with van der Waals surface area (Å²) in [5.74, 6) is 0.532. The van der Waals surface area contributed by atoms with Gasteiger partial charge in [-0.25, -0.2) is 0 Å². The van der Waals surface area contributed by atoms with Gasteiger partial charge in [0.2, 0.25) is 5.91 Å². The van der Waals surface area contributed by atoms with Crippen LogP contribution in [0.25, 0.3) is 0 Å². The topological polar surface area (TPSA) is 37.4 Å². The lowest BCUT2D eigenvalue weighted by Gasteiger charge is -2.31. The Labute approximate surface area is 85.5 Å². The Morgan fingerprint density at radius 2 is 2.36 bits per heavy atom. The minimum absolute atomic E-state index is 0.236. The van der Waals surface area contributed by atoms with E-state index in [2.05, 4.69) is 6.92 Å². The van der Waals surface area contributed by atoms with Gasteiger partial charge in [0.15, 0.2) is 0 Å². The predicted molar refractivity (Wildman–Crippen MR) is 54.9 cm³/mol. The summed E-state index contributed by atoms with van der Waals surface area (Å²) >= 11 is 0. The van der Waals surface area contributed by atoms with E-state index in [1.165, 1.54) is 0 Å². The molecule has 0 bridgehead atoms. The van der Waals surface area contributed by atoms with Crippen molar-refractivity contribution in [3.05, 3.63) is 0 Å². The van der Waals surface area contributed by atoms with Crippen molar-refractivity contribution in [2.45, 2.75) is 39.0 Å². The number of amides is 1. The van der Waals surface area contributed by atoms with Gasteiger partial charge in [-0.05, 0) is 25.7 Å². The second-order valence-corrected chi connectivity index (χ2v) is 3.88. The molecule has 0 aromatic carbocycles. The molecule has 1 fully saturated rings. The van der Waals surface area contributed by atoms with Gasteiger partial charge in [0, 0.05) is 25.4 Å². The highest BCUT2D eigenvalue weighted by Crippen LogP contribution is 2.20. The number of rotatable bonds is 5. The van der Waals surface area contributed by atoms with Crippen molar-refractivity contribution in [2.75, 3.05) is 13.1 Å². The number of likely N-dealkylation sites (tertiary alicyclic amines) is 1. The smallest absolute Gasteiger partial charge is 0.225 e. The van der Waals surface area contributed by atoms with Crippen LogP contribution in [0.2, 0.25) is 0 Å². The van der Waals surface area contributed by atoms with Crippen LogP contribution in [-0.2, 0) is 9.59 Å². The first-order valence-corrected chi connectivity index (χ1v) is 5.52. The average Bonchev–Trinajstić information content (AvgIpc) is 2.21. The van der Waals surface area contributed by atoms with Gasteiger partial charge in [0.05, 0.1) is 0 Å². The van der Waals surface area contributed by atoms with E-state index in [9.17, 15) is 9.59 Å². The lowest BCUT2D eigenvalue weighted by atomic mass is 9.94. The number of carbonyl (C=O) groups excluding carboxylic acids is 2. The first kappa shape index (κ1) is 11.2. The number of piperidine rings is 1. The van der Waals surface area contributed by atoms with Gasteiger partial charge in [0.25, 0.3) is 0 Å². The van der Waals surface area contributed by atoms with E-state index in [-0.39, 0.29) is 5.92 Å². The van der Waals surface area contributed by atoms with Crippen molar-refractivity contribution >= 4 is 12.2 Å². The summed E-state index contributed by atoms with van der Waals surface area (Å²) < 4.78 is 0. The van der Waals surface area contributed by atoms with Crippen molar-refractivity contribution in [1.29, 1.82) is 0 Å². The second kappa shape index (κ2) is 5.78. The number of unbranched alkanes of at least 4 members (excludes halogenated alkanes) is 1. The van der Waals surface area contributed by atoms with E-state index in [4.69, 9.17) is 0 Å². The SMILES string of the molecule is CCC1CCCN(CCCC=O)C1=O. The highest BCUT2D eigenvalue weighted by molar-refractivity contribution is 5.79. The Hall–Kier alpha value is -0.860. The van der Waals surface area contributed by atoms with Gasteiger partial charge in [-0.1, -0.05) is 6.92 Å². The summed E-state index contributed by atoms with van der Waals surface area (Å²) in [4.78, 5) is 23.9. The molecule has 1 heterocycles. The molecule has 1 unspecified atom stereocenters. The third-order valence-electron chi connectivity index (χ3n) is 2.88. The van der Waals surface area contributed by atoms with Crippen molar-refractivity contribution in [3.8, 4) is 0 Å². The molecular formula is C11H19NO2. The van der Waals surface area contributed by atoms with Crippen LogP contribution >= 0.6 is 0 Å². The van der Waals surface area contributed by atoms with Gasteiger partial charge in [-0.2, -0.15) is 0 Å². The summed E-state index contributed by atoms with van der Waals surface area (Å²) in [7, 11) is 0. The fourth-order valence-corrected chi connectivity index (χ4v) is 1.99. The second-order valence-electron chi connectivity index (χ2n) is 3.88. The Morgan fingerprint density at radius 3 is 3.00 bits per heavy atom. The van der Waals surface area contributed by atoms with Crippen LogP contribution in [0.4, 0.5) is 0 Å². The first-order valence-electron chi connectivity index (χ1n) is 5.52. The summed E-state index contributed by atoms with van der Waals surface area (Å²) in [5.41, 5.74) is 0. The van der Waals surface area contributed by atoms with Gasteiger partial charge in [-0.3, -0.25) is 4.79 Å². The van der Waals surface area contributed by atoms with Crippen LogP contribution < -0.4 is 0 Å². The Morgan fingerprint density at radius 1 is 1.57 bits per heavy atom. The molecule has 0 aliphatic carbocycles. The Kier molecular flexibility index (Phi) is 4.63. The fraction of sp³-hybridized carbons (Fsp3) is 0.818. The number of hydrogen-bond acceptors (Lipinski definition) is 2. The average molecular weight is 197 g/mol. The van der Waals surface area contributed by atoms with Crippen molar-refractivity contribution < 1.29 is 9.59 Å². The summed E-state index contributed by atoms with van der Waals surface area (Å²) in [6.07, 6.45) is 5.41. The van der Waals surface area contributed by atoms with E-state index in [1.807, 2.05) is 4.90 Å². The van der Waals surface area contributed by atoms with Crippen LogP contribution in [-0.4, -0.2) is 30.2 Å². The maximum atomic E-state index is 11.8. The largest absolute Gasteiger partial charge is 0.342 e. The van der Waals surface area contributed by atoms with E-state index in [0.717, 1.165) is 45.1 Å². The quantitative estimate of drug-likeness (QED) is 0.496. The van der Waals surface area contributed by atoms with Crippen molar-refractivity contribution in [2.24, 2.45) is 5.92 Å². The molecule has 80 valence electrons. The highest BCUT2D eigenvalue weighted by Gasteiger charge is 2.26. The standard InChI is InChI=1S/C11H19NO2/c1-2-10-6-5-8-12(11(10)14)7-3-4-9-13/h9-10H,2-8H2,1H3. The summed E-state index contributed by atoms with van der Waals surface area (Å²) in [6, 6.07) is 0. The third kappa shape index (κ3) is 2.82. The normalized spacial score (nSPS) is 22.5. The van der Waals surface area contributed by atoms with Crippen molar-refractivity contribution in [3.63, 3.8) is 0 Å². The maximum Gasteiger partial charge on any atom is 0.225 e. The van der Waals surface area contributed by atoms with Crippen LogP contribution in [0, 0.1) is 5.92 Å². The predicted octanol–water partition coefficient (Wildman–Crippen LogP) is 1.61. The monoisotopic (exact) mass is 197 g/mol. The third-order valence-corrected chi connectivity index (χ3v) is 2.88. The molecule has 1 aliphatic rings. The maximum absolute atomic E-state index is 11.8. The fourth-order valence-electron chi connectivity index (χ4n) is 1.99. The molecule has 1 aliphatic heterocycles. The molecular weight excluding hydrogens is 178 g/mol. The van der Waals surface area contributed by atoms with E-state index in [1.54, 1.807) is 0 Å². The van der Waals surface area contributed by atoms with E-state index < -0.39 is 0 Å². The molecule has 1 rings (SSSR count). The minimum atomic E-state index is 0.236. The van der Waals surface area contributed by atoms with Crippen LogP contribution in [0.3, 0.4) is 0 Å². The number of aldehydes is 1. The molecule has 0 aromatic rings. The molecule has 3 nitrogen and oxygen atoms in total. The summed E-state index contributed by atoms with van der Waals surface area (Å²) in [5, 5.41) is 0. The molecule has 14 heavy (non-hydrogen) atoms.